The average molecular weight is 254 g/mol. The van der Waals surface area contributed by atoms with Gasteiger partial charge in [0.2, 0.25) is 5.91 Å². The summed E-state index contributed by atoms with van der Waals surface area (Å²) in [4.78, 5) is 24.2. The molecule has 1 aromatic rings. The van der Waals surface area contributed by atoms with Crippen molar-refractivity contribution in [2.75, 3.05) is 11.4 Å². The van der Waals surface area contributed by atoms with Crippen LogP contribution in [0, 0.1) is 12.8 Å². The zero-order valence-electron chi connectivity index (χ0n) is 9.31. The van der Waals surface area contributed by atoms with Crippen molar-refractivity contribution in [1.29, 1.82) is 0 Å². The highest BCUT2D eigenvalue weighted by Gasteiger charge is 2.38. The summed E-state index contributed by atoms with van der Waals surface area (Å²) in [5, 5.41) is 9.36. The van der Waals surface area contributed by atoms with Crippen LogP contribution in [0.5, 0.6) is 0 Å². The molecule has 1 aliphatic rings. The highest BCUT2D eigenvalue weighted by molar-refractivity contribution is 6.34. The lowest BCUT2D eigenvalue weighted by Crippen LogP contribution is -2.30. The highest BCUT2D eigenvalue weighted by atomic mass is 35.5. The van der Waals surface area contributed by atoms with Crippen molar-refractivity contribution < 1.29 is 14.7 Å². The molecule has 1 N–H and O–H groups in total. The molecule has 0 spiro atoms. The van der Waals surface area contributed by atoms with Crippen LogP contribution >= 0.6 is 11.6 Å². The van der Waals surface area contributed by atoms with Gasteiger partial charge in [0.15, 0.2) is 0 Å². The molecule has 1 saturated heterocycles. The third-order valence-electron chi connectivity index (χ3n) is 2.90. The number of hydrogen-bond donors (Lipinski definition) is 1. The van der Waals surface area contributed by atoms with Crippen molar-refractivity contribution in [2.45, 2.75) is 13.3 Å². The van der Waals surface area contributed by atoms with Crippen LogP contribution in [0.4, 0.5) is 5.69 Å². The number of rotatable bonds is 2. The molecule has 1 atom stereocenters. The number of carboxylic acid groups (broad SMARTS) is 1. The monoisotopic (exact) mass is 253 g/mol. The molecule has 1 unspecified atom stereocenters. The molecule has 0 saturated carbocycles. The van der Waals surface area contributed by atoms with Gasteiger partial charge in [-0.25, -0.2) is 0 Å². The molecule has 5 heteroatoms. The fraction of sp³-hybridized carbons (Fsp3) is 0.333. The summed E-state index contributed by atoms with van der Waals surface area (Å²) in [5.74, 6) is -2.39. The van der Waals surface area contributed by atoms with E-state index in [1.54, 1.807) is 12.1 Å². The maximum Gasteiger partial charge on any atom is 0.316 e. The van der Waals surface area contributed by atoms with Crippen LogP contribution in [0.15, 0.2) is 18.2 Å². The van der Waals surface area contributed by atoms with E-state index in [1.807, 2.05) is 13.0 Å². The largest absolute Gasteiger partial charge is 0.481 e. The first-order valence-electron chi connectivity index (χ1n) is 5.31. The SMILES string of the molecule is Cc1ccc(N2CCC(C(=O)O)C2=O)c(Cl)c1. The van der Waals surface area contributed by atoms with E-state index in [-0.39, 0.29) is 5.91 Å². The van der Waals surface area contributed by atoms with Crippen LogP contribution in [0.1, 0.15) is 12.0 Å². The molecular formula is C12H12ClNO3. The Balaban J connectivity index is 2.30. The lowest BCUT2D eigenvalue weighted by molar-refractivity contribution is -0.144. The maximum atomic E-state index is 11.9. The first-order chi connectivity index (χ1) is 8.00. The lowest BCUT2D eigenvalue weighted by Gasteiger charge is -2.17. The zero-order valence-corrected chi connectivity index (χ0v) is 10.1. The molecule has 0 aliphatic carbocycles. The Morgan fingerprint density at radius 3 is 2.76 bits per heavy atom. The second-order valence-corrected chi connectivity index (χ2v) is 4.53. The van der Waals surface area contributed by atoms with E-state index in [1.165, 1.54) is 4.90 Å². The predicted molar refractivity (Wildman–Crippen MR) is 64.3 cm³/mol. The van der Waals surface area contributed by atoms with Gasteiger partial charge < -0.3 is 10.0 Å². The van der Waals surface area contributed by atoms with Crippen molar-refractivity contribution in [2.24, 2.45) is 5.92 Å². The molecule has 1 fully saturated rings. The van der Waals surface area contributed by atoms with Gasteiger partial charge in [-0.15, -0.1) is 0 Å². The number of carbonyl (C=O) groups is 2. The summed E-state index contributed by atoms with van der Waals surface area (Å²) < 4.78 is 0. The summed E-state index contributed by atoms with van der Waals surface area (Å²) in [6.45, 7) is 2.31. The minimum absolute atomic E-state index is 0.332. The Morgan fingerprint density at radius 2 is 2.24 bits per heavy atom. The van der Waals surface area contributed by atoms with E-state index in [9.17, 15) is 9.59 Å². The normalized spacial score (nSPS) is 19.8. The van der Waals surface area contributed by atoms with Crippen LogP contribution < -0.4 is 4.90 Å². The molecule has 1 aliphatic heterocycles. The minimum Gasteiger partial charge on any atom is -0.481 e. The molecule has 0 bridgehead atoms. The van der Waals surface area contributed by atoms with Gasteiger partial charge in [0.1, 0.15) is 5.92 Å². The van der Waals surface area contributed by atoms with Gasteiger partial charge in [-0.3, -0.25) is 9.59 Å². The minimum atomic E-state index is -1.07. The smallest absolute Gasteiger partial charge is 0.316 e. The summed E-state index contributed by atoms with van der Waals surface area (Å²) in [6.07, 6.45) is 0.332. The van der Waals surface area contributed by atoms with E-state index in [2.05, 4.69) is 0 Å². The van der Waals surface area contributed by atoms with Gasteiger partial charge in [0.05, 0.1) is 10.7 Å². The number of amides is 1. The van der Waals surface area contributed by atoms with Crippen molar-refractivity contribution >= 4 is 29.2 Å². The first-order valence-corrected chi connectivity index (χ1v) is 5.69. The number of benzene rings is 1. The van der Waals surface area contributed by atoms with Gasteiger partial charge >= 0.3 is 5.97 Å². The van der Waals surface area contributed by atoms with Gasteiger partial charge in [-0.2, -0.15) is 0 Å². The summed E-state index contributed by atoms with van der Waals surface area (Å²) in [5.41, 5.74) is 1.59. The van der Waals surface area contributed by atoms with E-state index < -0.39 is 11.9 Å². The van der Waals surface area contributed by atoms with Crippen LogP contribution in [0.3, 0.4) is 0 Å². The number of halogens is 1. The molecule has 90 valence electrons. The lowest BCUT2D eigenvalue weighted by atomic mass is 10.1. The fourth-order valence-electron chi connectivity index (χ4n) is 1.98. The van der Waals surface area contributed by atoms with Gasteiger partial charge in [-0.05, 0) is 31.0 Å². The maximum absolute atomic E-state index is 11.9. The first kappa shape index (κ1) is 11.9. The third kappa shape index (κ3) is 2.13. The standard InChI is InChI=1S/C12H12ClNO3/c1-7-2-3-10(9(13)6-7)14-5-4-8(11(14)15)12(16)17/h2-3,6,8H,4-5H2,1H3,(H,16,17). The zero-order chi connectivity index (χ0) is 12.6. The van der Waals surface area contributed by atoms with E-state index in [0.717, 1.165) is 5.56 Å². The van der Waals surface area contributed by atoms with E-state index in [4.69, 9.17) is 16.7 Å². The Morgan fingerprint density at radius 1 is 1.53 bits per heavy atom. The highest BCUT2D eigenvalue weighted by Crippen LogP contribution is 2.31. The Bertz CT molecular complexity index is 487. The second kappa shape index (κ2) is 4.37. The van der Waals surface area contributed by atoms with Crippen LogP contribution in [-0.2, 0) is 9.59 Å². The average Bonchev–Trinajstić information content (AvgIpc) is 2.60. The van der Waals surface area contributed by atoms with Crippen LogP contribution in [0.2, 0.25) is 5.02 Å². The number of carbonyl (C=O) groups excluding carboxylic acids is 1. The second-order valence-electron chi connectivity index (χ2n) is 4.12. The van der Waals surface area contributed by atoms with Crippen LogP contribution in [-0.4, -0.2) is 23.5 Å². The van der Waals surface area contributed by atoms with Gasteiger partial charge in [0.25, 0.3) is 0 Å². The number of nitrogens with zero attached hydrogens (tertiary/aromatic N) is 1. The van der Waals surface area contributed by atoms with Crippen molar-refractivity contribution in [3.05, 3.63) is 28.8 Å². The molecule has 4 nitrogen and oxygen atoms in total. The molecule has 0 aromatic heterocycles. The topological polar surface area (TPSA) is 57.6 Å². The van der Waals surface area contributed by atoms with Gasteiger partial charge in [-0.1, -0.05) is 17.7 Å². The number of anilines is 1. The summed E-state index contributed by atoms with van der Waals surface area (Å²) in [6, 6.07) is 5.36. The molecule has 1 heterocycles. The summed E-state index contributed by atoms with van der Waals surface area (Å²) >= 11 is 6.06. The molecule has 2 rings (SSSR count). The van der Waals surface area contributed by atoms with Crippen LogP contribution in [0.25, 0.3) is 0 Å². The van der Waals surface area contributed by atoms with Crippen molar-refractivity contribution in [1.82, 2.24) is 0 Å². The molecule has 17 heavy (non-hydrogen) atoms. The van der Waals surface area contributed by atoms with Crippen molar-refractivity contribution in [3.8, 4) is 0 Å². The Kier molecular flexibility index (Phi) is 3.07. The number of aliphatic carboxylic acids is 1. The number of aryl methyl sites for hydroxylation is 1. The van der Waals surface area contributed by atoms with Gasteiger partial charge in [0, 0.05) is 6.54 Å². The number of carboxylic acids is 1. The third-order valence-corrected chi connectivity index (χ3v) is 3.20. The van der Waals surface area contributed by atoms with Crippen molar-refractivity contribution in [3.63, 3.8) is 0 Å². The predicted octanol–water partition coefficient (Wildman–Crippen LogP) is 2.09. The Hall–Kier alpha value is -1.55. The molecule has 1 amide bonds. The fourth-order valence-corrected chi connectivity index (χ4v) is 2.32. The molecule has 0 radical (unpaired) electrons. The van der Waals surface area contributed by atoms with E-state index in [0.29, 0.717) is 23.7 Å². The summed E-state index contributed by atoms with van der Waals surface area (Å²) in [7, 11) is 0. The molecular weight excluding hydrogens is 242 g/mol. The molecule has 1 aromatic carbocycles. The number of hydrogen-bond acceptors (Lipinski definition) is 2. The Labute approximate surface area is 104 Å². The quantitative estimate of drug-likeness (QED) is 0.821. The van der Waals surface area contributed by atoms with E-state index >= 15 is 0 Å².